The lowest BCUT2D eigenvalue weighted by Gasteiger charge is -2.09. The number of benzene rings is 1. The van der Waals surface area contributed by atoms with E-state index in [4.69, 9.17) is 33.2 Å². The quantitative estimate of drug-likeness (QED) is 0.0487. The number of hydrogen-bond acceptors (Lipinski definition) is 14. The van der Waals surface area contributed by atoms with Gasteiger partial charge in [-0.05, 0) is 45.2 Å². The van der Waals surface area contributed by atoms with Crippen LogP contribution in [0.1, 0.15) is 38.2 Å². The monoisotopic (exact) mass is 671 g/mol. The maximum atomic E-state index is 11.2. The largest absolute Gasteiger partial charge is 0.379 e. The summed E-state index contributed by atoms with van der Waals surface area (Å²) in [6.07, 6.45) is 3.80. The third-order valence-corrected chi connectivity index (χ3v) is 6.29. The van der Waals surface area contributed by atoms with Crippen molar-refractivity contribution in [2.75, 3.05) is 119 Å². The van der Waals surface area contributed by atoms with Crippen molar-refractivity contribution < 1.29 is 43.0 Å². The standard InChI is InChI=1S/C31H53N5O11/c1-2-32-28-34-11-6-10-33-12-14-42-16-18-44-20-22-46-24-26-47-25-23-45-21-19-43-17-15-41-13-5-3-4-7-29-8-9-30(35(37)38)27-31(29)36(39)40/h8-9,27,33H,2-7,10-26H2,1H3. The first-order valence-corrected chi connectivity index (χ1v) is 16.3. The van der Waals surface area contributed by atoms with Gasteiger partial charge in [0.05, 0.1) is 114 Å². The van der Waals surface area contributed by atoms with Gasteiger partial charge < -0.3 is 38.5 Å². The Bertz CT molecular complexity index is 997. The third kappa shape index (κ3) is 25.8. The first-order chi connectivity index (χ1) is 23.1. The molecule has 0 fully saturated rings. The lowest BCUT2D eigenvalue weighted by molar-refractivity contribution is -0.394. The second-order valence-electron chi connectivity index (χ2n) is 9.98. The zero-order chi connectivity index (χ0) is 34.0. The summed E-state index contributed by atoms with van der Waals surface area (Å²) < 4.78 is 38.4. The van der Waals surface area contributed by atoms with Crippen molar-refractivity contribution in [2.45, 2.75) is 39.0 Å². The molecule has 0 saturated carbocycles. The van der Waals surface area contributed by atoms with E-state index in [1.165, 1.54) is 12.1 Å². The van der Waals surface area contributed by atoms with E-state index < -0.39 is 9.85 Å². The highest BCUT2D eigenvalue weighted by Crippen LogP contribution is 2.26. The average Bonchev–Trinajstić information content (AvgIpc) is 3.06. The molecule has 0 aromatic heterocycles. The number of unbranched alkanes of at least 4 members (excludes halogenated alkanes) is 2. The number of rotatable bonds is 34. The fourth-order valence-corrected chi connectivity index (χ4v) is 3.89. The molecular weight excluding hydrogens is 618 g/mol. The van der Waals surface area contributed by atoms with Crippen molar-refractivity contribution in [3.05, 3.63) is 44.0 Å². The molecule has 1 rings (SSSR count). The van der Waals surface area contributed by atoms with E-state index in [2.05, 4.69) is 21.3 Å². The van der Waals surface area contributed by atoms with Crippen LogP contribution in [0.25, 0.3) is 0 Å². The molecule has 1 aromatic rings. The van der Waals surface area contributed by atoms with Gasteiger partial charge in [-0.1, -0.05) is 6.42 Å². The summed E-state index contributed by atoms with van der Waals surface area (Å²) in [6, 6.07) is 6.43. The molecule has 16 heteroatoms. The molecule has 47 heavy (non-hydrogen) atoms. The summed E-state index contributed by atoms with van der Waals surface area (Å²) in [5.41, 5.74) is 0.00941. The fraction of sp³-hybridized carbons (Fsp3) is 0.774. The van der Waals surface area contributed by atoms with Crippen LogP contribution in [-0.2, 0) is 39.6 Å². The van der Waals surface area contributed by atoms with Crippen molar-refractivity contribution >= 4 is 17.4 Å². The lowest BCUT2D eigenvalue weighted by Crippen LogP contribution is -2.22. The first-order valence-electron chi connectivity index (χ1n) is 16.3. The average molecular weight is 672 g/mol. The number of ether oxygens (including phenoxy) is 7. The molecule has 0 atom stereocenters. The Kier molecular flexibility index (Phi) is 28.4. The van der Waals surface area contributed by atoms with Crippen LogP contribution in [-0.4, -0.2) is 135 Å². The number of non-ortho nitro benzene ring substituents is 1. The van der Waals surface area contributed by atoms with Crippen molar-refractivity contribution in [1.82, 2.24) is 5.32 Å². The maximum absolute atomic E-state index is 11.2. The van der Waals surface area contributed by atoms with Gasteiger partial charge in [0, 0.05) is 31.3 Å². The molecule has 0 radical (unpaired) electrons. The number of aryl methyl sites for hydroxylation is 1. The highest BCUT2D eigenvalue weighted by Gasteiger charge is 2.18. The van der Waals surface area contributed by atoms with Gasteiger partial charge in [-0.3, -0.25) is 20.2 Å². The molecule has 0 aliphatic rings. The minimum atomic E-state index is -0.634. The molecule has 0 saturated heterocycles. The molecule has 0 aliphatic carbocycles. The van der Waals surface area contributed by atoms with Crippen LogP contribution >= 0.6 is 0 Å². The van der Waals surface area contributed by atoms with E-state index >= 15 is 0 Å². The third-order valence-electron chi connectivity index (χ3n) is 6.29. The minimum Gasteiger partial charge on any atom is -0.379 e. The molecule has 0 amide bonds. The number of nitro benzene ring substituents is 2. The lowest BCUT2D eigenvalue weighted by atomic mass is 10.0. The van der Waals surface area contributed by atoms with Gasteiger partial charge in [-0.25, -0.2) is 9.98 Å². The minimum absolute atomic E-state index is 0.211. The van der Waals surface area contributed by atoms with Crippen LogP contribution in [0.5, 0.6) is 0 Å². The Balaban J connectivity index is 1.75. The summed E-state index contributed by atoms with van der Waals surface area (Å²) in [5.74, 6) is 0. The Morgan fingerprint density at radius 1 is 0.638 bits per heavy atom. The Labute approximate surface area is 277 Å². The van der Waals surface area contributed by atoms with Crippen LogP contribution in [0.2, 0.25) is 0 Å². The van der Waals surface area contributed by atoms with Crippen LogP contribution in [0.4, 0.5) is 11.4 Å². The van der Waals surface area contributed by atoms with Gasteiger partial charge in [0.15, 0.2) is 0 Å². The number of aliphatic imine (C=N–C) groups is 2. The first kappa shape index (κ1) is 42.1. The SMILES string of the molecule is CCN=C=NCCCNCCOCCOCCOCCOCCOCCOCCOCCCCCc1ccc([N+](=O)[O-])cc1[N+](=O)[O-]. The topological polar surface area (TPSA) is 188 Å². The number of nitrogens with one attached hydrogen (secondary N) is 1. The van der Waals surface area contributed by atoms with Crippen LogP contribution < -0.4 is 5.32 Å². The van der Waals surface area contributed by atoms with Gasteiger partial charge in [0.2, 0.25) is 0 Å². The van der Waals surface area contributed by atoms with Crippen LogP contribution in [0.3, 0.4) is 0 Å². The Hall–Kier alpha value is -2.92. The van der Waals surface area contributed by atoms with Gasteiger partial charge in [0.1, 0.15) is 0 Å². The van der Waals surface area contributed by atoms with E-state index in [0.29, 0.717) is 111 Å². The number of nitrogens with zero attached hydrogens (tertiary/aromatic N) is 4. The second-order valence-corrected chi connectivity index (χ2v) is 9.98. The highest BCUT2D eigenvalue weighted by atomic mass is 16.6. The highest BCUT2D eigenvalue weighted by molar-refractivity contribution is 5.49. The predicted molar refractivity (Wildman–Crippen MR) is 176 cm³/mol. The predicted octanol–water partition coefficient (Wildman–Crippen LogP) is 3.51. The molecule has 0 aliphatic heterocycles. The summed E-state index contributed by atoms with van der Waals surface area (Å²) in [4.78, 5) is 28.8. The normalized spacial score (nSPS) is 11.0. The van der Waals surface area contributed by atoms with Crippen molar-refractivity contribution in [3.8, 4) is 0 Å². The van der Waals surface area contributed by atoms with E-state index in [-0.39, 0.29) is 11.4 Å². The van der Waals surface area contributed by atoms with E-state index in [1.807, 2.05) is 6.92 Å². The molecule has 0 bridgehead atoms. The summed E-state index contributed by atoms with van der Waals surface area (Å²) in [6.45, 7) is 12.2. The van der Waals surface area contributed by atoms with E-state index in [9.17, 15) is 20.2 Å². The molecule has 0 spiro atoms. The zero-order valence-electron chi connectivity index (χ0n) is 27.8. The molecule has 16 nitrogen and oxygen atoms in total. The van der Waals surface area contributed by atoms with Gasteiger partial charge in [0.25, 0.3) is 11.4 Å². The van der Waals surface area contributed by atoms with Crippen molar-refractivity contribution in [3.63, 3.8) is 0 Å². The molecule has 268 valence electrons. The molecule has 1 N–H and O–H groups in total. The van der Waals surface area contributed by atoms with Crippen LogP contribution in [0, 0.1) is 20.2 Å². The Morgan fingerprint density at radius 3 is 1.68 bits per heavy atom. The van der Waals surface area contributed by atoms with E-state index in [1.54, 1.807) is 0 Å². The van der Waals surface area contributed by atoms with Gasteiger partial charge >= 0.3 is 0 Å². The Morgan fingerprint density at radius 2 is 1.17 bits per heavy atom. The summed E-state index contributed by atoms with van der Waals surface area (Å²) in [7, 11) is 0. The summed E-state index contributed by atoms with van der Waals surface area (Å²) >= 11 is 0. The van der Waals surface area contributed by atoms with Crippen LogP contribution in [0.15, 0.2) is 28.2 Å². The smallest absolute Gasteiger partial charge is 0.279 e. The number of nitro groups is 2. The molecular formula is C31H53N5O11. The number of hydrogen-bond donors (Lipinski definition) is 1. The fourth-order valence-electron chi connectivity index (χ4n) is 3.89. The van der Waals surface area contributed by atoms with E-state index in [0.717, 1.165) is 51.4 Å². The van der Waals surface area contributed by atoms with Crippen molar-refractivity contribution in [1.29, 1.82) is 0 Å². The molecule has 0 unspecified atom stereocenters. The maximum Gasteiger partial charge on any atom is 0.279 e. The summed E-state index contributed by atoms with van der Waals surface area (Å²) in [5, 5.41) is 25.3. The zero-order valence-corrected chi connectivity index (χ0v) is 27.8. The van der Waals surface area contributed by atoms with Crippen molar-refractivity contribution in [2.24, 2.45) is 9.98 Å². The second kappa shape index (κ2) is 31.7. The van der Waals surface area contributed by atoms with Gasteiger partial charge in [-0.2, -0.15) is 0 Å². The molecule has 0 heterocycles. The van der Waals surface area contributed by atoms with Gasteiger partial charge in [-0.15, -0.1) is 0 Å². The molecule has 1 aromatic carbocycles.